The van der Waals surface area contributed by atoms with Gasteiger partial charge in [0.2, 0.25) is 5.91 Å². The minimum absolute atomic E-state index is 0.0666. The molecule has 0 bridgehead atoms. The second-order valence-electron chi connectivity index (χ2n) is 2.90. The Kier molecular flexibility index (Phi) is 4.96. The molecule has 1 rings (SSSR count). The SMILES string of the molecule is CC(N)=O.Cc1ccc(S(=O)(=O)O)cc1. The van der Waals surface area contributed by atoms with Crippen LogP contribution < -0.4 is 5.73 Å². The Morgan fingerprint density at radius 3 is 1.87 bits per heavy atom. The third-order valence-electron chi connectivity index (χ3n) is 1.32. The van der Waals surface area contributed by atoms with Gasteiger partial charge in [-0.15, -0.1) is 0 Å². The molecule has 0 fully saturated rings. The minimum atomic E-state index is -4.02. The number of rotatable bonds is 1. The van der Waals surface area contributed by atoms with Crippen molar-refractivity contribution in [2.45, 2.75) is 18.7 Å². The molecule has 1 aromatic rings. The highest BCUT2D eigenvalue weighted by atomic mass is 32.2. The maximum atomic E-state index is 10.5. The fourth-order valence-electron chi connectivity index (χ4n) is 0.710. The first kappa shape index (κ1) is 13.6. The van der Waals surface area contributed by atoms with Gasteiger partial charge in [-0.05, 0) is 19.1 Å². The molecule has 84 valence electrons. The van der Waals surface area contributed by atoms with Gasteiger partial charge in [0.05, 0.1) is 4.90 Å². The number of primary amides is 1. The molecular weight excluding hydrogens is 218 g/mol. The van der Waals surface area contributed by atoms with Gasteiger partial charge in [-0.1, -0.05) is 17.7 Å². The Balaban J connectivity index is 0.000000423. The van der Waals surface area contributed by atoms with Crippen LogP contribution in [0.4, 0.5) is 0 Å². The van der Waals surface area contributed by atoms with E-state index in [0.717, 1.165) is 5.56 Å². The van der Waals surface area contributed by atoms with E-state index in [1.807, 2.05) is 6.92 Å². The molecule has 0 spiro atoms. The molecule has 0 saturated carbocycles. The molecule has 0 aliphatic carbocycles. The van der Waals surface area contributed by atoms with E-state index in [0.29, 0.717) is 0 Å². The standard InChI is InChI=1S/C7H8O3S.C2H5NO/c1-6-2-4-7(5-3-6)11(8,9)10;1-2(3)4/h2-5H,1H3,(H,8,9,10);1H3,(H2,3,4). The lowest BCUT2D eigenvalue weighted by Gasteiger charge is -1.95. The number of hydrogen-bond donors (Lipinski definition) is 2. The van der Waals surface area contributed by atoms with Crippen LogP contribution >= 0.6 is 0 Å². The molecule has 0 aromatic heterocycles. The molecule has 0 aliphatic heterocycles. The van der Waals surface area contributed by atoms with E-state index in [9.17, 15) is 13.2 Å². The monoisotopic (exact) mass is 231 g/mol. The van der Waals surface area contributed by atoms with E-state index in [-0.39, 0.29) is 10.8 Å². The second-order valence-corrected chi connectivity index (χ2v) is 4.32. The number of nitrogens with two attached hydrogens (primary N) is 1. The van der Waals surface area contributed by atoms with Crippen LogP contribution in [-0.2, 0) is 14.9 Å². The van der Waals surface area contributed by atoms with Crippen LogP contribution in [0.3, 0.4) is 0 Å². The van der Waals surface area contributed by atoms with Gasteiger partial charge in [-0.25, -0.2) is 0 Å². The predicted molar refractivity (Wildman–Crippen MR) is 55.9 cm³/mol. The minimum Gasteiger partial charge on any atom is -0.370 e. The van der Waals surface area contributed by atoms with Gasteiger partial charge in [0.15, 0.2) is 0 Å². The van der Waals surface area contributed by atoms with Crippen molar-refractivity contribution in [3.63, 3.8) is 0 Å². The topological polar surface area (TPSA) is 97.5 Å². The molecule has 6 heteroatoms. The summed E-state index contributed by atoms with van der Waals surface area (Å²) >= 11 is 0. The molecule has 0 saturated heterocycles. The van der Waals surface area contributed by atoms with E-state index >= 15 is 0 Å². The van der Waals surface area contributed by atoms with Crippen LogP contribution in [0.2, 0.25) is 0 Å². The lowest BCUT2D eigenvalue weighted by molar-refractivity contribution is -0.115. The summed E-state index contributed by atoms with van der Waals surface area (Å²) in [5, 5.41) is 0. The Labute approximate surface area is 88.7 Å². The van der Waals surface area contributed by atoms with Crippen molar-refractivity contribution in [2.75, 3.05) is 0 Å². The first-order chi connectivity index (χ1) is 6.73. The average Bonchev–Trinajstić information content (AvgIpc) is 2.01. The maximum absolute atomic E-state index is 10.5. The van der Waals surface area contributed by atoms with Crippen LogP contribution in [0.25, 0.3) is 0 Å². The highest BCUT2D eigenvalue weighted by Gasteiger charge is 2.06. The summed E-state index contributed by atoms with van der Waals surface area (Å²) in [6.45, 7) is 3.15. The van der Waals surface area contributed by atoms with Gasteiger partial charge >= 0.3 is 0 Å². The Morgan fingerprint density at radius 2 is 1.60 bits per heavy atom. The number of amides is 1. The molecular formula is C9H13NO4S. The van der Waals surface area contributed by atoms with Gasteiger partial charge < -0.3 is 5.73 Å². The molecule has 1 aromatic carbocycles. The fourth-order valence-corrected chi connectivity index (χ4v) is 1.19. The molecule has 0 heterocycles. The Hall–Kier alpha value is -1.40. The molecule has 1 amide bonds. The van der Waals surface area contributed by atoms with E-state index in [1.54, 1.807) is 12.1 Å². The number of carbonyl (C=O) groups is 1. The highest BCUT2D eigenvalue weighted by molar-refractivity contribution is 7.85. The first-order valence-electron chi connectivity index (χ1n) is 4.03. The number of carbonyl (C=O) groups excluding carboxylic acids is 1. The summed E-state index contributed by atoms with van der Waals surface area (Å²) in [5.41, 5.74) is 5.43. The molecule has 0 unspecified atom stereocenters. The van der Waals surface area contributed by atoms with E-state index in [4.69, 9.17) is 4.55 Å². The van der Waals surface area contributed by atoms with E-state index in [1.165, 1.54) is 19.1 Å². The fraction of sp³-hybridized carbons (Fsp3) is 0.222. The van der Waals surface area contributed by atoms with E-state index < -0.39 is 10.1 Å². The third kappa shape index (κ3) is 6.64. The summed E-state index contributed by atoms with van der Waals surface area (Å²) in [4.78, 5) is 9.16. The van der Waals surface area contributed by atoms with Crippen LogP contribution in [0.15, 0.2) is 29.2 Å². The van der Waals surface area contributed by atoms with Crippen molar-refractivity contribution < 1.29 is 17.8 Å². The number of hydrogen-bond acceptors (Lipinski definition) is 3. The molecule has 3 N–H and O–H groups in total. The maximum Gasteiger partial charge on any atom is 0.294 e. The highest BCUT2D eigenvalue weighted by Crippen LogP contribution is 2.08. The molecule has 0 atom stereocenters. The quantitative estimate of drug-likeness (QED) is 0.696. The van der Waals surface area contributed by atoms with Crippen LogP contribution in [0, 0.1) is 6.92 Å². The van der Waals surface area contributed by atoms with Gasteiger partial charge in [0.25, 0.3) is 10.1 Å². The zero-order valence-corrected chi connectivity index (χ0v) is 9.28. The summed E-state index contributed by atoms with van der Waals surface area (Å²) < 4.78 is 29.6. The van der Waals surface area contributed by atoms with E-state index in [2.05, 4.69) is 5.73 Å². The van der Waals surface area contributed by atoms with Gasteiger partial charge in [-0.2, -0.15) is 8.42 Å². The van der Waals surface area contributed by atoms with Crippen molar-refractivity contribution >= 4 is 16.0 Å². The molecule has 15 heavy (non-hydrogen) atoms. The summed E-state index contributed by atoms with van der Waals surface area (Å²) in [6.07, 6.45) is 0. The van der Waals surface area contributed by atoms with Gasteiger partial charge in [-0.3, -0.25) is 9.35 Å². The zero-order chi connectivity index (χ0) is 12.1. The molecule has 0 radical (unpaired) electrons. The summed E-state index contributed by atoms with van der Waals surface area (Å²) in [6, 6.07) is 5.99. The Bertz CT molecular complexity index is 418. The third-order valence-corrected chi connectivity index (χ3v) is 2.19. The molecule has 5 nitrogen and oxygen atoms in total. The van der Waals surface area contributed by atoms with Crippen LogP contribution in [0.5, 0.6) is 0 Å². The molecule has 0 aliphatic rings. The first-order valence-corrected chi connectivity index (χ1v) is 5.47. The van der Waals surface area contributed by atoms with Crippen molar-refractivity contribution in [1.29, 1.82) is 0 Å². The number of benzene rings is 1. The largest absolute Gasteiger partial charge is 0.370 e. The normalized spacial score (nSPS) is 10.1. The lowest BCUT2D eigenvalue weighted by atomic mass is 10.2. The zero-order valence-electron chi connectivity index (χ0n) is 8.47. The lowest BCUT2D eigenvalue weighted by Crippen LogP contribution is -2.01. The van der Waals surface area contributed by atoms with Crippen LogP contribution in [0.1, 0.15) is 12.5 Å². The Morgan fingerprint density at radius 1 is 1.27 bits per heavy atom. The summed E-state index contributed by atoms with van der Waals surface area (Å²) in [7, 11) is -4.02. The van der Waals surface area contributed by atoms with Crippen molar-refractivity contribution in [2.24, 2.45) is 5.73 Å². The van der Waals surface area contributed by atoms with Crippen LogP contribution in [-0.4, -0.2) is 18.9 Å². The van der Waals surface area contributed by atoms with Crippen molar-refractivity contribution in [1.82, 2.24) is 0 Å². The van der Waals surface area contributed by atoms with Gasteiger partial charge in [0.1, 0.15) is 0 Å². The van der Waals surface area contributed by atoms with Crippen molar-refractivity contribution in [3.05, 3.63) is 29.8 Å². The van der Waals surface area contributed by atoms with Crippen molar-refractivity contribution in [3.8, 4) is 0 Å². The predicted octanol–water partition coefficient (Wildman–Crippen LogP) is 0.733. The smallest absolute Gasteiger partial charge is 0.294 e. The summed E-state index contributed by atoms with van der Waals surface area (Å²) in [5.74, 6) is -0.333. The average molecular weight is 231 g/mol. The second kappa shape index (κ2) is 5.47. The van der Waals surface area contributed by atoms with Gasteiger partial charge in [0, 0.05) is 6.92 Å². The number of aryl methyl sites for hydroxylation is 1.